The van der Waals surface area contributed by atoms with Crippen molar-refractivity contribution in [2.75, 3.05) is 25.0 Å². The third-order valence-electron chi connectivity index (χ3n) is 6.96. The Bertz CT molecular complexity index is 1100. The molecule has 2 heterocycles. The minimum absolute atomic E-state index is 0.118. The van der Waals surface area contributed by atoms with Gasteiger partial charge in [0.25, 0.3) is 0 Å². The van der Waals surface area contributed by atoms with E-state index in [4.69, 9.17) is 11.6 Å². The van der Waals surface area contributed by atoms with Gasteiger partial charge in [-0.05, 0) is 80.1 Å². The number of likely N-dealkylation sites (tertiary alicyclic amines) is 1. The van der Waals surface area contributed by atoms with Crippen molar-refractivity contribution in [1.82, 2.24) is 15.1 Å². The number of hydrogen-bond acceptors (Lipinski definition) is 4. The fraction of sp³-hybridized carbons (Fsp3) is 0.360. The van der Waals surface area contributed by atoms with Gasteiger partial charge in [-0.3, -0.25) is 4.90 Å². The van der Waals surface area contributed by atoms with E-state index in [0.29, 0.717) is 40.0 Å². The molecule has 2 aromatic carbocycles. The average Bonchev–Trinajstić information content (AvgIpc) is 3.49. The first-order valence-corrected chi connectivity index (χ1v) is 11.4. The molecule has 32 heavy (non-hydrogen) atoms. The molecule has 2 fully saturated rings. The van der Waals surface area contributed by atoms with Crippen LogP contribution in [0.3, 0.4) is 0 Å². The number of rotatable bonds is 6. The van der Waals surface area contributed by atoms with Gasteiger partial charge in [0.15, 0.2) is 0 Å². The van der Waals surface area contributed by atoms with E-state index in [9.17, 15) is 8.78 Å². The molecule has 2 aliphatic rings. The normalized spacial score (nSPS) is 19.8. The fourth-order valence-corrected chi connectivity index (χ4v) is 5.06. The van der Waals surface area contributed by atoms with Crippen LogP contribution in [0.15, 0.2) is 54.6 Å². The number of anilines is 1. The van der Waals surface area contributed by atoms with Gasteiger partial charge in [-0.25, -0.2) is 8.78 Å². The standard InChI is InChI=1S/C25H25ClF2N4/c26-21-6-5-19(27)13-20(21)23-7-8-24(31-30-23)29-15-18-14-25(18)9-11-32(12-10-25)16-17-3-1-2-4-22(17)28/h1-8,13,18H,9-12,14-16H2,(H,29,31). The largest absolute Gasteiger partial charge is 0.368 e. The van der Waals surface area contributed by atoms with Crippen LogP contribution in [0.2, 0.25) is 5.02 Å². The molecular weight excluding hydrogens is 430 g/mol. The molecule has 166 valence electrons. The van der Waals surface area contributed by atoms with E-state index in [2.05, 4.69) is 20.4 Å². The molecule has 1 unspecified atom stereocenters. The summed E-state index contributed by atoms with van der Waals surface area (Å²) in [5.41, 5.74) is 2.26. The molecule has 3 aromatic rings. The lowest BCUT2D eigenvalue weighted by atomic mass is 9.90. The summed E-state index contributed by atoms with van der Waals surface area (Å²) in [6, 6.07) is 14.9. The molecule has 1 aliphatic heterocycles. The predicted octanol–water partition coefficient (Wildman–Crippen LogP) is 5.79. The first-order valence-electron chi connectivity index (χ1n) is 11.0. The van der Waals surface area contributed by atoms with Crippen LogP contribution in [0.4, 0.5) is 14.6 Å². The molecule has 4 nitrogen and oxygen atoms in total. The maximum Gasteiger partial charge on any atom is 0.148 e. The van der Waals surface area contributed by atoms with Crippen LogP contribution in [0, 0.1) is 23.0 Å². The van der Waals surface area contributed by atoms with E-state index in [1.165, 1.54) is 30.7 Å². The van der Waals surface area contributed by atoms with Crippen LogP contribution in [-0.2, 0) is 6.54 Å². The van der Waals surface area contributed by atoms with Crippen LogP contribution in [-0.4, -0.2) is 34.7 Å². The van der Waals surface area contributed by atoms with Crippen LogP contribution < -0.4 is 5.32 Å². The van der Waals surface area contributed by atoms with E-state index in [1.54, 1.807) is 12.1 Å². The van der Waals surface area contributed by atoms with Gasteiger partial charge in [-0.1, -0.05) is 29.8 Å². The second-order valence-electron chi connectivity index (χ2n) is 8.94. The third-order valence-corrected chi connectivity index (χ3v) is 7.29. The molecule has 1 aliphatic carbocycles. The lowest BCUT2D eigenvalue weighted by molar-refractivity contribution is 0.156. The lowest BCUT2D eigenvalue weighted by Gasteiger charge is -2.33. The maximum absolute atomic E-state index is 13.9. The Labute approximate surface area is 191 Å². The van der Waals surface area contributed by atoms with E-state index in [-0.39, 0.29) is 11.6 Å². The zero-order valence-corrected chi connectivity index (χ0v) is 18.5. The zero-order valence-electron chi connectivity index (χ0n) is 17.7. The Morgan fingerprint density at radius 3 is 2.59 bits per heavy atom. The van der Waals surface area contributed by atoms with Crippen molar-refractivity contribution >= 4 is 17.4 Å². The highest BCUT2D eigenvalue weighted by Crippen LogP contribution is 2.59. The van der Waals surface area contributed by atoms with Crippen LogP contribution >= 0.6 is 11.6 Å². The average molecular weight is 455 g/mol. The van der Waals surface area contributed by atoms with Crippen molar-refractivity contribution in [2.45, 2.75) is 25.8 Å². The van der Waals surface area contributed by atoms with Gasteiger partial charge in [0.05, 0.1) is 10.7 Å². The summed E-state index contributed by atoms with van der Waals surface area (Å²) in [4.78, 5) is 2.36. The number of hydrogen-bond donors (Lipinski definition) is 1. The highest BCUT2D eigenvalue weighted by atomic mass is 35.5. The van der Waals surface area contributed by atoms with Crippen molar-refractivity contribution in [3.05, 3.63) is 76.8 Å². The van der Waals surface area contributed by atoms with Crippen molar-refractivity contribution in [2.24, 2.45) is 11.3 Å². The van der Waals surface area contributed by atoms with Crippen molar-refractivity contribution in [3.63, 3.8) is 0 Å². The highest BCUT2D eigenvalue weighted by Gasteiger charge is 2.54. The summed E-state index contributed by atoms with van der Waals surface area (Å²) < 4.78 is 27.4. The molecular formula is C25H25ClF2N4. The fourth-order valence-electron chi connectivity index (χ4n) is 4.85. The smallest absolute Gasteiger partial charge is 0.148 e. The number of aromatic nitrogens is 2. The van der Waals surface area contributed by atoms with Crippen molar-refractivity contribution < 1.29 is 8.78 Å². The monoisotopic (exact) mass is 454 g/mol. The minimum atomic E-state index is -0.354. The number of halogens is 3. The van der Waals surface area contributed by atoms with Gasteiger partial charge in [0.2, 0.25) is 0 Å². The second kappa shape index (κ2) is 8.75. The molecule has 1 saturated heterocycles. The molecule has 1 aromatic heterocycles. The summed E-state index contributed by atoms with van der Waals surface area (Å²) in [5.74, 6) is 0.859. The number of nitrogens with one attached hydrogen (secondary N) is 1. The molecule has 1 N–H and O–H groups in total. The van der Waals surface area contributed by atoms with Gasteiger partial charge >= 0.3 is 0 Å². The molecule has 5 rings (SSSR count). The SMILES string of the molecule is Fc1ccc(Cl)c(-c2ccc(NCC3CC34CCN(Cc3ccccc3F)CC4)nn2)c1. The van der Waals surface area contributed by atoms with Gasteiger partial charge < -0.3 is 5.32 Å². The van der Waals surface area contributed by atoms with Gasteiger partial charge in [-0.15, -0.1) is 10.2 Å². The van der Waals surface area contributed by atoms with Crippen LogP contribution in [0.1, 0.15) is 24.8 Å². The number of benzene rings is 2. The quantitative estimate of drug-likeness (QED) is 0.512. The summed E-state index contributed by atoms with van der Waals surface area (Å²) in [7, 11) is 0. The second-order valence-corrected chi connectivity index (χ2v) is 9.35. The Hall–Kier alpha value is -2.57. The molecule has 0 amide bonds. The number of nitrogens with zero attached hydrogens (tertiary/aromatic N) is 3. The van der Waals surface area contributed by atoms with Crippen LogP contribution in [0.5, 0.6) is 0 Å². The minimum Gasteiger partial charge on any atom is -0.368 e. The number of piperidine rings is 1. The Balaban J connectivity index is 1.12. The van der Waals surface area contributed by atoms with E-state index in [0.717, 1.165) is 38.0 Å². The first-order chi connectivity index (χ1) is 15.5. The maximum atomic E-state index is 13.9. The molecule has 0 radical (unpaired) electrons. The van der Waals surface area contributed by atoms with Gasteiger partial charge in [0, 0.05) is 24.2 Å². The Morgan fingerprint density at radius 1 is 1.03 bits per heavy atom. The lowest BCUT2D eigenvalue weighted by Crippen LogP contribution is -2.35. The Kier molecular flexibility index (Phi) is 5.82. The topological polar surface area (TPSA) is 41.0 Å². The Morgan fingerprint density at radius 2 is 1.84 bits per heavy atom. The summed E-state index contributed by atoms with van der Waals surface area (Å²) in [5, 5.41) is 12.3. The third kappa shape index (κ3) is 4.48. The van der Waals surface area contributed by atoms with E-state index in [1.807, 2.05) is 18.2 Å². The molecule has 0 bridgehead atoms. The predicted molar refractivity (Wildman–Crippen MR) is 122 cm³/mol. The van der Waals surface area contributed by atoms with E-state index < -0.39 is 0 Å². The summed E-state index contributed by atoms with van der Waals surface area (Å²) >= 11 is 6.16. The molecule has 1 spiro atoms. The van der Waals surface area contributed by atoms with Gasteiger partial charge in [0.1, 0.15) is 17.5 Å². The van der Waals surface area contributed by atoms with Crippen molar-refractivity contribution in [1.29, 1.82) is 0 Å². The van der Waals surface area contributed by atoms with Crippen LogP contribution in [0.25, 0.3) is 11.3 Å². The molecule has 7 heteroatoms. The summed E-state index contributed by atoms with van der Waals surface area (Å²) in [6.45, 7) is 3.56. The highest BCUT2D eigenvalue weighted by molar-refractivity contribution is 6.33. The van der Waals surface area contributed by atoms with Crippen molar-refractivity contribution in [3.8, 4) is 11.3 Å². The first kappa shape index (κ1) is 21.3. The van der Waals surface area contributed by atoms with Gasteiger partial charge in [-0.2, -0.15) is 0 Å². The molecule has 1 atom stereocenters. The zero-order chi connectivity index (χ0) is 22.1. The molecule has 1 saturated carbocycles. The summed E-state index contributed by atoms with van der Waals surface area (Å²) in [6.07, 6.45) is 3.52. The van der Waals surface area contributed by atoms with E-state index >= 15 is 0 Å².